The van der Waals surface area contributed by atoms with Crippen molar-refractivity contribution in [1.29, 1.82) is 0 Å². The lowest BCUT2D eigenvalue weighted by Gasteiger charge is -2.35. The summed E-state index contributed by atoms with van der Waals surface area (Å²) in [6.45, 7) is 3.57. The highest BCUT2D eigenvalue weighted by Crippen LogP contribution is 2.21. The second-order valence-corrected chi connectivity index (χ2v) is 6.85. The maximum Gasteiger partial charge on any atom is 0.274 e. The molecular formula is C18H24N6O. The van der Waals surface area contributed by atoms with Gasteiger partial charge in [0.2, 0.25) is 0 Å². The van der Waals surface area contributed by atoms with Gasteiger partial charge in [0.1, 0.15) is 0 Å². The Morgan fingerprint density at radius 1 is 1.08 bits per heavy atom. The van der Waals surface area contributed by atoms with Gasteiger partial charge in [-0.05, 0) is 50.3 Å². The molecule has 1 amide bonds. The van der Waals surface area contributed by atoms with Gasteiger partial charge in [-0.1, -0.05) is 0 Å². The first kappa shape index (κ1) is 16.1. The van der Waals surface area contributed by atoms with Crippen LogP contribution in [0, 0.1) is 0 Å². The third-order valence-corrected chi connectivity index (χ3v) is 5.14. The molecule has 2 aliphatic heterocycles. The summed E-state index contributed by atoms with van der Waals surface area (Å²) in [5, 5.41) is 12.8. The minimum atomic E-state index is -0.0164. The Morgan fingerprint density at radius 2 is 1.92 bits per heavy atom. The molecule has 2 fully saturated rings. The third kappa shape index (κ3) is 3.50. The van der Waals surface area contributed by atoms with E-state index < -0.39 is 0 Å². The quantitative estimate of drug-likeness (QED) is 0.851. The first-order valence-corrected chi connectivity index (χ1v) is 9.18. The summed E-state index contributed by atoms with van der Waals surface area (Å²) in [6, 6.07) is 5.83. The van der Waals surface area contributed by atoms with Crippen LogP contribution in [0.15, 0.2) is 30.6 Å². The smallest absolute Gasteiger partial charge is 0.274 e. The van der Waals surface area contributed by atoms with Crippen LogP contribution in [0.5, 0.6) is 0 Å². The van der Waals surface area contributed by atoms with Gasteiger partial charge in [0, 0.05) is 32.0 Å². The Labute approximate surface area is 147 Å². The highest BCUT2D eigenvalue weighted by Gasteiger charge is 2.29. The molecule has 25 heavy (non-hydrogen) atoms. The van der Waals surface area contributed by atoms with Crippen molar-refractivity contribution >= 4 is 11.7 Å². The summed E-state index contributed by atoms with van der Waals surface area (Å²) >= 11 is 0. The fraction of sp³-hybridized carbons (Fsp3) is 0.556. The van der Waals surface area contributed by atoms with Gasteiger partial charge in [-0.2, -0.15) is 5.10 Å². The van der Waals surface area contributed by atoms with E-state index in [-0.39, 0.29) is 11.9 Å². The Hall–Kier alpha value is -2.44. The van der Waals surface area contributed by atoms with Crippen LogP contribution in [0.25, 0.3) is 0 Å². The van der Waals surface area contributed by atoms with E-state index in [0.717, 1.165) is 51.3 Å². The molecule has 0 spiro atoms. The molecule has 0 aliphatic carbocycles. The highest BCUT2D eigenvalue weighted by atomic mass is 16.2. The van der Waals surface area contributed by atoms with Gasteiger partial charge in [0.15, 0.2) is 11.5 Å². The number of aromatic nitrogens is 4. The molecule has 0 saturated carbocycles. The lowest BCUT2D eigenvalue weighted by Crippen LogP contribution is -2.46. The predicted molar refractivity (Wildman–Crippen MR) is 94.4 cm³/mol. The fourth-order valence-electron chi connectivity index (χ4n) is 3.78. The minimum absolute atomic E-state index is 0.0164. The van der Waals surface area contributed by atoms with E-state index in [1.54, 1.807) is 6.20 Å². The number of nitrogens with zero attached hydrogens (tertiary/aromatic N) is 6. The summed E-state index contributed by atoms with van der Waals surface area (Å²) in [4.78, 5) is 17.1. The molecule has 0 radical (unpaired) electrons. The summed E-state index contributed by atoms with van der Waals surface area (Å²) < 4.78 is 1.90. The van der Waals surface area contributed by atoms with Crippen molar-refractivity contribution in [1.82, 2.24) is 24.9 Å². The molecule has 7 heteroatoms. The Balaban J connectivity index is 1.47. The van der Waals surface area contributed by atoms with Gasteiger partial charge in [-0.3, -0.25) is 9.48 Å². The highest BCUT2D eigenvalue weighted by molar-refractivity contribution is 5.92. The molecule has 2 aliphatic rings. The largest absolute Gasteiger partial charge is 0.355 e. The number of hydrogen-bond acceptors (Lipinski definition) is 5. The van der Waals surface area contributed by atoms with E-state index >= 15 is 0 Å². The second kappa shape index (κ2) is 7.21. The van der Waals surface area contributed by atoms with Gasteiger partial charge in [-0.15, -0.1) is 10.2 Å². The van der Waals surface area contributed by atoms with Crippen LogP contribution in [-0.2, 0) is 6.54 Å². The molecule has 1 atom stereocenters. The zero-order valence-electron chi connectivity index (χ0n) is 14.4. The summed E-state index contributed by atoms with van der Waals surface area (Å²) in [6.07, 6.45) is 9.32. The monoisotopic (exact) mass is 340 g/mol. The van der Waals surface area contributed by atoms with Crippen molar-refractivity contribution < 1.29 is 4.79 Å². The van der Waals surface area contributed by atoms with E-state index in [4.69, 9.17) is 0 Å². The topological polar surface area (TPSA) is 67.2 Å². The van der Waals surface area contributed by atoms with Gasteiger partial charge in [0.05, 0.1) is 12.6 Å². The Bertz CT molecular complexity index is 693. The summed E-state index contributed by atoms with van der Waals surface area (Å²) in [5.41, 5.74) is 0.440. The van der Waals surface area contributed by atoms with Crippen LogP contribution in [-0.4, -0.2) is 56.5 Å². The number of amides is 1. The number of carbonyl (C=O) groups is 1. The van der Waals surface area contributed by atoms with Crippen LogP contribution >= 0.6 is 0 Å². The van der Waals surface area contributed by atoms with Crippen LogP contribution < -0.4 is 4.90 Å². The maximum atomic E-state index is 13.0. The Morgan fingerprint density at radius 3 is 2.64 bits per heavy atom. The molecule has 0 bridgehead atoms. The van der Waals surface area contributed by atoms with E-state index in [0.29, 0.717) is 5.69 Å². The SMILES string of the molecule is O=C(c1ccc(N2CCCC2)nn1)N1CCCC[C@H]1Cn1cccn1. The number of carbonyl (C=O) groups excluding carboxylic acids is 1. The van der Waals surface area contributed by atoms with Crippen LogP contribution in [0.2, 0.25) is 0 Å². The molecule has 7 nitrogen and oxygen atoms in total. The van der Waals surface area contributed by atoms with Crippen molar-refractivity contribution in [3.05, 3.63) is 36.3 Å². The van der Waals surface area contributed by atoms with Crippen LogP contribution in [0.3, 0.4) is 0 Å². The molecule has 4 rings (SSSR count). The third-order valence-electron chi connectivity index (χ3n) is 5.14. The normalized spacial score (nSPS) is 20.9. The van der Waals surface area contributed by atoms with Crippen LogP contribution in [0.1, 0.15) is 42.6 Å². The van der Waals surface area contributed by atoms with Crippen molar-refractivity contribution in [3.63, 3.8) is 0 Å². The molecule has 0 N–H and O–H groups in total. The number of piperidine rings is 1. The molecule has 2 aromatic rings. The fourth-order valence-corrected chi connectivity index (χ4v) is 3.78. The average Bonchev–Trinajstić information content (AvgIpc) is 3.36. The van der Waals surface area contributed by atoms with E-state index in [1.165, 1.54) is 12.8 Å². The van der Waals surface area contributed by atoms with Crippen molar-refractivity contribution in [2.45, 2.75) is 44.7 Å². The Kier molecular flexibility index (Phi) is 4.63. The number of likely N-dealkylation sites (tertiary alicyclic amines) is 1. The number of anilines is 1. The van der Waals surface area contributed by atoms with E-state index in [1.807, 2.05) is 34.0 Å². The number of rotatable bonds is 4. The second-order valence-electron chi connectivity index (χ2n) is 6.85. The zero-order chi connectivity index (χ0) is 17.1. The predicted octanol–water partition coefficient (Wildman–Crippen LogP) is 1.97. The van der Waals surface area contributed by atoms with Crippen molar-refractivity contribution in [3.8, 4) is 0 Å². The van der Waals surface area contributed by atoms with Gasteiger partial charge in [0.25, 0.3) is 5.91 Å². The molecule has 2 saturated heterocycles. The van der Waals surface area contributed by atoms with E-state index in [9.17, 15) is 4.79 Å². The molecule has 4 heterocycles. The first-order chi connectivity index (χ1) is 12.3. The lowest BCUT2D eigenvalue weighted by atomic mass is 10.0. The average molecular weight is 340 g/mol. The molecule has 0 aromatic carbocycles. The molecule has 2 aromatic heterocycles. The van der Waals surface area contributed by atoms with Gasteiger partial charge in [-0.25, -0.2) is 0 Å². The number of hydrogen-bond donors (Lipinski definition) is 0. The van der Waals surface area contributed by atoms with Gasteiger partial charge < -0.3 is 9.80 Å². The maximum absolute atomic E-state index is 13.0. The van der Waals surface area contributed by atoms with E-state index in [2.05, 4.69) is 20.2 Å². The molecule has 0 unspecified atom stereocenters. The lowest BCUT2D eigenvalue weighted by molar-refractivity contribution is 0.0576. The zero-order valence-corrected chi connectivity index (χ0v) is 14.4. The summed E-state index contributed by atoms with van der Waals surface area (Å²) in [7, 11) is 0. The first-order valence-electron chi connectivity index (χ1n) is 9.18. The van der Waals surface area contributed by atoms with Crippen molar-refractivity contribution in [2.24, 2.45) is 0 Å². The van der Waals surface area contributed by atoms with Crippen LogP contribution in [0.4, 0.5) is 5.82 Å². The summed E-state index contributed by atoms with van der Waals surface area (Å²) in [5.74, 6) is 0.859. The molecule has 132 valence electrons. The minimum Gasteiger partial charge on any atom is -0.355 e. The standard InChI is InChI=1S/C18H24N6O/c25-18(16-7-8-17(21-20-16)22-10-3-4-11-22)24-13-2-1-6-15(24)14-23-12-5-9-19-23/h5,7-9,12,15H,1-4,6,10-11,13-14H2/t15-/m0/s1. The van der Waals surface area contributed by atoms with Gasteiger partial charge >= 0.3 is 0 Å². The molecular weight excluding hydrogens is 316 g/mol. The van der Waals surface area contributed by atoms with Crippen molar-refractivity contribution in [2.75, 3.05) is 24.5 Å².